The van der Waals surface area contributed by atoms with Crippen molar-refractivity contribution in [3.05, 3.63) is 0 Å². The van der Waals surface area contributed by atoms with E-state index in [1.165, 1.54) is 6.42 Å². The Morgan fingerprint density at radius 2 is 1.96 bits per heavy atom. The van der Waals surface area contributed by atoms with Gasteiger partial charge in [-0.25, -0.2) is 4.79 Å². The van der Waals surface area contributed by atoms with Crippen LogP contribution in [0.3, 0.4) is 0 Å². The number of esters is 1. The molecule has 1 aliphatic heterocycles. The van der Waals surface area contributed by atoms with E-state index >= 15 is 0 Å². The number of amides is 4. The van der Waals surface area contributed by atoms with Crippen LogP contribution in [-0.2, 0) is 19.1 Å². The summed E-state index contributed by atoms with van der Waals surface area (Å²) in [7, 11) is 0. The molecule has 0 radical (unpaired) electrons. The lowest BCUT2D eigenvalue weighted by Crippen LogP contribution is -2.45. The van der Waals surface area contributed by atoms with Crippen LogP contribution in [0.15, 0.2) is 0 Å². The molecule has 3 atom stereocenters. The van der Waals surface area contributed by atoms with E-state index in [-0.39, 0.29) is 11.9 Å². The molecule has 0 aromatic rings. The normalized spacial score (nSPS) is 27.7. The average molecular weight is 396 g/mol. The molecule has 158 valence electrons. The lowest BCUT2D eigenvalue weighted by molar-refractivity contribution is -0.151. The SMILES string of the molecule is CC(C)CC[C@@]1(C)NC(=O)N(CC(=O)OCC(=O)N[C@@H]2CCCC[C@H]2C)C1=O. The van der Waals surface area contributed by atoms with Gasteiger partial charge in [0, 0.05) is 6.04 Å². The number of rotatable bonds is 8. The Morgan fingerprint density at radius 3 is 2.61 bits per heavy atom. The molecule has 0 spiro atoms. The molecular formula is C20H33N3O5. The van der Waals surface area contributed by atoms with Gasteiger partial charge in [0.25, 0.3) is 11.8 Å². The second-order valence-electron chi connectivity index (χ2n) is 8.68. The van der Waals surface area contributed by atoms with Crippen LogP contribution >= 0.6 is 0 Å². The highest BCUT2D eigenvalue weighted by atomic mass is 16.5. The fraction of sp³-hybridized carbons (Fsp3) is 0.800. The monoisotopic (exact) mass is 395 g/mol. The number of imide groups is 1. The van der Waals surface area contributed by atoms with Gasteiger partial charge in [0.1, 0.15) is 12.1 Å². The zero-order valence-electron chi connectivity index (χ0n) is 17.4. The molecule has 1 heterocycles. The highest BCUT2D eigenvalue weighted by molar-refractivity contribution is 6.08. The highest BCUT2D eigenvalue weighted by Gasteiger charge is 2.48. The first kappa shape index (κ1) is 22.2. The van der Waals surface area contributed by atoms with Crippen LogP contribution in [0.5, 0.6) is 0 Å². The molecule has 0 unspecified atom stereocenters. The van der Waals surface area contributed by atoms with Gasteiger partial charge in [-0.2, -0.15) is 0 Å². The summed E-state index contributed by atoms with van der Waals surface area (Å²) in [6, 6.07) is -0.499. The summed E-state index contributed by atoms with van der Waals surface area (Å²) in [5.74, 6) is -0.765. The molecular weight excluding hydrogens is 362 g/mol. The number of urea groups is 1. The maximum Gasteiger partial charge on any atom is 0.326 e. The predicted octanol–water partition coefficient (Wildman–Crippen LogP) is 1.97. The van der Waals surface area contributed by atoms with Crippen LogP contribution in [0.1, 0.15) is 66.2 Å². The number of hydrogen-bond donors (Lipinski definition) is 2. The molecule has 2 N–H and O–H groups in total. The second kappa shape index (κ2) is 9.39. The average Bonchev–Trinajstić information content (AvgIpc) is 2.84. The molecule has 2 rings (SSSR count). The van der Waals surface area contributed by atoms with Crippen molar-refractivity contribution in [1.82, 2.24) is 15.5 Å². The van der Waals surface area contributed by atoms with Crippen molar-refractivity contribution < 1.29 is 23.9 Å². The summed E-state index contributed by atoms with van der Waals surface area (Å²) in [5, 5.41) is 5.56. The van der Waals surface area contributed by atoms with Gasteiger partial charge in [0.05, 0.1) is 0 Å². The van der Waals surface area contributed by atoms with Gasteiger partial charge in [-0.05, 0) is 44.4 Å². The summed E-state index contributed by atoms with van der Waals surface area (Å²) in [4.78, 5) is 49.7. The van der Waals surface area contributed by atoms with Crippen molar-refractivity contribution in [2.24, 2.45) is 11.8 Å². The Kier molecular flexibility index (Phi) is 7.43. The number of nitrogens with one attached hydrogen (secondary N) is 2. The van der Waals surface area contributed by atoms with E-state index in [4.69, 9.17) is 4.74 Å². The van der Waals surface area contributed by atoms with Crippen molar-refractivity contribution in [3.8, 4) is 0 Å². The topological polar surface area (TPSA) is 105 Å². The van der Waals surface area contributed by atoms with E-state index in [2.05, 4.69) is 17.6 Å². The number of nitrogens with zero attached hydrogens (tertiary/aromatic N) is 1. The second-order valence-corrected chi connectivity index (χ2v) is 8.68. The van der Waals surface area contributed by atoms with Crippen molar-refractivity contribution in [3.63, 3.8) is 0 Å². The Hall–Kier alpha value is -2.12. The molecule has 1 saturated heterocycles. The van der Waals surface area contributed by atoms with Gasteiger partial charge in [0.2, 0.25) is 0 Å². The smallest absolute Gasteiger partial charge is 0.326 e. The maximum atomic E-state index is 12.6. The van der Waals surface area contributed by atoms with Crippen molar-refractivity contribution in [1.29, 1.82) is 0 Å². The quantitative estimate of drug-likeness (QED) is 0.483. The minimum absolute atomic E-state index is 0.104. The van der Waals surface area contributed by atoms with E-state index in [1.54, 1.807) is 6.92 Å². The van der Waals surface area contributed by atoms with Crippen LogP contribution < -0.4 is 10.6 Å². The number of hydrogen-bond acceptors (Lipinski definition) is 5. The molecule has 4 amide bonds. The first-order valence-corrected chi connectivity index (χ1v) is 10.2. The van der Waals surface area contributed by atoms with Gasteiger partial charge in [0.15, 0.2) is 6.61 Å². The zero-order chi connectivity index (χ0) is 20.9. The summed E-state index contributed by atoms with van der Waals surface area (Å²) in [5.41, 5.74) is -1.00. The van der Waals surface area contributed by atoms with E-state index in [0.29, 0.717) is 18.3 Å². The zero-order valence-corrected chi connectivity index (χ0v) is 17.4. The first-order valence-electron chi connectivity index (χ1n) is 10.2. The predicted molar refractivity (Wildman–Crippen MR) is 103 cm³/mol. The van der Waals surface area contributed by atoms with Gasteiger partial charge in [-0.1, -0.05) is 33.6 Å². The number of carbonyl (C=O) groups excluding carboxylic acids is 4. The van der Waals surface area contributed by atoms with Crippen molar-refractivity contribution in [2.75, 3.05) is 13.2 Å². The van der Waals surface area contributed by atoms with Crippen LogP contribution in [-0.4, -0.2) is 53.4 Å². The maximum absolute atomic E-state index is 12.6. The highest BCUT2D eigenvalue weighted by Crippen LogP contribution is 2.25. The standard InChI is InChI=1S/C20H33N3O5/c1-13(2)9-10-20(4)18(26)23(19(27)22-20)11-17(25)28-12-16(24)21-15-8-6-5-7-14(15)3/h13-15H,5-12H2,1-4H3,(H,21,24)(H,22,27)/t14-,15-,20-/m1/s1. The van der Waals surface area contributed by atoms with Gasteiger partial charge in [-0.3, -0.25) is 19.3 Å². The molecule has 1 saturated carbocycles. The molecule has 2 fully saturated rings. The van der Waals surface area contributed by atoms with Crippen LogP contribution in [0.2, 0.25) is 0 Å². The molecule has 1 aliphatic carbocycles. The van der Waals surface area contributed by atoms with E-state index < -0.39 is 36.6 Å². The Balaban J connectivity index is 1.79. The van der Waals surface area contributed by atoms with Crippen molar-refractivity contribution >= 4 is 23.8 Å². The Bertz CT molecular complexity index is 621. The fourth-order valence-electron chi connectivity index (χ4n) is 3.74. The van der Waals surface area contributed by atoms with Gasteiger partial charge in [-0.15, -0.1) is 0 Å². The molecule has 0 aromatic heterocycles. The third-order valence-corrected chi connectivity index (χ3v) is 5.68. The number of carbonyl (C=O) groups is 4. The Labute approximate surface area is 166 Å². The lowest BCUT2D eigenvalue weighted by Gasteiger charge is -2.29. The van der Waals surface area contributed by atoms with Crippen molar-refractivity contribution in [2.45, 2.75) is 77.8 Å². The molecule has 28 heavy (non-hydrogen) atoms. The third kappa shape index (κ3) is 5.69. The summed E-state index contributed by atoms with van der Waals surface area (Å²) < 4.78 is 4.98. The minimum atomic E-state index is -1.00. The lowest BCUT2D eigenvalue weighted by atomic mass is 9.86. The van der Waals surface area contributed by atoms with Crippen LogP contribution in [0.25, 0.3) is 0 Å². The summed E-state index contributed by atoms with van der Waals surface area (Å²) >= 11 is 0. The van der Waals surface area contributed by atoms with Gasteiger partial charge >= 0.3 is 12.0 Å². The van der Waals surface area contributed by atoms with E-state index in [0.717, 1.165) is 30.6 Å². The van der Waals surface area contributed by atoms with E-state index in [9.17, 15) is 19.2 Å². The Morgan fingerprint density at radius 1 is 1.29 bits per heavy atom. The van der Waals surface area contributed by atoms with Gasteiger partial charge < -0.3 is 15.4 Å². The summed E-state index contributed by atoms with van der Waals surface area (Å²) in [6.07, 6.45) is 5.54. The van der Waals surface area contributed by atoms with E-state index in [1.807, 2.05) is 13.8 Å². The third-order valence-electron chi connectivity index (χ3n) is 5.68. The molecule has 8 nitrogen and oxygen atoms in total. The molecule has 8 heteroatoms. The minimum Gasteiger partial charge on any atom is -0.454 e. The molecule has 0 aromatic carbocycles. The van der Waals surface area contributed by atoms with Crippen LogP contribution in [0.4, 0.5) is 4.79 Å². The first-order chi connectivity index (χ1) is 13.1. The van der Waals surface area contributed by atoms with Crippen LogP contribution in [0, 0.1) is 11.8 Å². The summed E-state index contributed by atoms with van der Waals surface area (Å²) in [6.45, 7) is 6.95. The molecule has 0 bridgehead atoms. The largest absolute Gasteiger partial charge is 0.454 e. The number of ether oxygens (including phenoxy) is 1. The fourth-order valence-corrected chi connectivity index (χ4v) is 3.74. The molecule has 2 aliphatic rings.